The summed E-state index contributed by atoms with van der Waals surface area (Å²) in [7, 11) is 0. The van der Waals surface area contributed by atoms with E-state index < -0.39 is 6.43 Å². The van der Waals surface area contributed by atoms with E-state index in [2.05, 4.69) is 30.9 Å². The molecule has 1 aliphatic heterocycles. The standard InChI is InChI=1S/C16H16F2N6/c17-16(18)12-8-14(21-9-20-12)24-6-4-23(5-7-24)13-3-1-2-11-15(13)22-10-19-11/h1-3,8-10,16H,4-7H2,(H,19,22). The van der Waals surface area contributed by atoms with Crippen LogP contribution in [0, 0.1) is 0 Å². The monoisotopic (exact) mass is 330 g/mol. The summed E-state index contributed by atoms with van der Waals surface area (Å²) >= 11 is 0. The van der Waals surface area contributed by atoms with Crippen LogP contribution in [0.5, 0.6) is 0 Å². The highest BCUT2D eigenvalue weighted by Gasteiger charge is 2.21. The van der Waals surface area contributed by atoms with Crippen LogP contribution in [0.4, 0.5) is 20.3 Å². The average molecular weight is 330 g/mol. The van der Waals surface area contributed by atoms with Gasteiger partial charge >= 0.3 is 0 Å². The molecule has 1 aromatic carbocycles. The highest BCUT2D eigenvalue weighted by molar-refractivity contribution is 5.88. The van der Waals surface area contributed by atoms with Crippen LogP contribution in [-0.4, -0.2) is 46.1 Å². The molecule has 0 saturated carbocycles. The zero-order valence-electron chi connectivity index (χ0n) is 12.9. The molecule has 1 saturated heterocycles. The molecule has 1 N–H and O–H groups in total. The van der Waals surface area contributed by atoms with Gasteiger partial charge in [-0.3, -0.25) is 0 Å². The Labute approximate surface area is 137 Å². The predicted molar refractivity (Wildman–Crippen MR) is 87.5 cm³/mol. The summed E-state index contributed by atoms with van der Waals surface area (Å²) in [6.45, 7) is 2.97. The minimum absolute atomic E-state index is 0.233. The van der Waals surface area contributed by atoms with Crippen molar-refractivity contribution < 1.29 is 8.78 Å². The van der Waals surface area contributed by atoms with Crippen molar-refractivity contribution >= 4 is 22.5 Å². The molecule has 2 aromatic heterocycles. The molecule has 0 aliphatic carbocycles. The number of rotatable bonds is 3. The third-order valence-corrected chi connectivity index (χ3v) is 4.27. The first-order valence-corrected chi connectivity index (χ1v) is 7.74. The number of para-hydroxylation sites is 1. The van der Waals surface area contributed by atoms with Gasteiger partial charge in [-0.1, -0.05) is 6.07 Å². The summed E-state index contributed by atoms with van der Waals surface area (Å²) in [5, 5.41) is 0. The number of hydrogen-bond donors (Lipinski definition) is 1. The summed E-state index contributed by atoms with van der Waals surface area (Å²) in [4.78, 5) is 19.5. The van der Waals surface area contributed by atoms with E-state index in [0.717, 1.165) is 29.8 Å². The second kappa shape index (κ2) is 6.03. The Kier molecular flexibility index (Phi) is 3.72. The Morgan fingerprint density at radius 1 is 1.00 bits per heavy atom. The maximum Gasteiger partial charge on any atom is 0.280 e. The summed E-state index contributed by atoms with van der Waals surface area (Å²) in [5.74, 6) is 0.554. The third kappa shape index (κ3) is 2.64. The molecule has 3 aromatic rings. The van der Waals surface area contributed by atoms with Gasteiger partial charge in [0.15, 0.2) is 0 Å². The van der Waals surface area contributed by atoms with Gasteiger partial charge in [0.25, 0.3) is 6.43 Å². The fourth-order valence-electron chi connectivity index (χ4n) is 3.04. The number of alkyl halides is 2. The first-order valence-electron chi connectivity index (χ1n) is 7.74. The van der Waals surface area contributed by atoms with E-state index in [0.29, 0.717) is 18.9 Å². The maximum absolute atomic E-state index is 12.8. The number of nitrogens with zero attached hydrogens (tertiary/aromatic N) is 5. The van der Waals surface area contributed by atoms with Crippen LogP contribution in [0.15, 0.2) is 36.9 Å². The molecule has 1 aliphatic rings. The number of imidazole rings is 1. The van der Waals surface area contributed by atoms with Crippen LogP contribution in [0.1, 0.15) is 12.1 Å². The van der Waals surface area contributed by atoms with E-state index in [9.17, 15) is 8.78 Å². The van der Waals surface area contributed by atoms with Crippen LogP contribution < -0.4 is 9.80 Å². The van der Waals surface area contributed by atoms with Gasteiger partial charge < -0.3 is 14.8 Å². The van der Waals surface area contributed by atoms with Crippen LogP contribution in [0.2, 0.25) is 0 Å². The number of benzene rings is 1. The van der Waals surface area contributed by atoms with Crippen LogP contribution in [0.3, 0.4) is 0 Å². The van der Waals surface area contributed by atoms with Crippen molar-refractivity contribution in [3.8, 4) is 0 Å². The van der Waals surface area contributed by atoms with Gasteiger partial charge in [-0.15, -0.1) is 0 Å². The van der Waals surface area contributed by atoms with E-state index >= 15 is 0 Å². The second-order valence-electron chi connectivity index (χ2n) is 5.65. The van der Waals surface area contributed by atoms with Crippen LogP contribution >= 0.6 is 0 Å². The topological polar surface area (TPSA) is 60.9 Å². The lowest BCUT2D eigenvalue weighted by molar-refractivity contribution is 0.146. The van der Waals surface area contributed by atoms with Gasteiger partial charge in [-0.2, -0.15) is 0 Å². The van der Waals surface area contributed by atoms with Crippen molar-refractivity contribution in [3.63, 3.8) is 0 Å². The molecule has 0 spiro atoms. The predicted octanol–water partition coefficient (Wildman–Crippen LogP) is 2.62. The van der Waals surface area contributed by atoms with Gasteiger partial charge in [0, 0.05) is 32.2 Å². The van der Waals surface area contributed by atoms with Crippen molar-refractivity contribution in [2.45, 2.75) is 6.43 Å². The maximum atomic E-state index is 12.8. The summed E-state index contributed by atoms with van der Waals surface area (Å²) < 4.78 is 25.6. The molecular formula is C16H16F2N6. The Morgan fingerprint density at radius 3 is 2.58 bits per heavy atom. The summed E-state index contributed by atoms with van der Waals surface area (Å²) in [6, 6.07) is 7.42. The van der Waals surface area contributed by atoms with Gasteiger partial charge in [-0.05, 0) is 12.1 Å². The van der Waals surface area contributed by atoms with E-state index in [4.69, 9.17) is 0 Å². The number of piperazine rings is 1. The quantitative estimate of drug-likeness (QED) is 0.800. The first-order chi connectivity index (χ1) is 11.7. The molecule has 0 atom stereocenters. The second-order valence-corrected chi connectivity index (χ2v) is 5.65. The van der Waals surface area contributed by atoms with E-state index in [-0.39, 0.29) is 5.69 Å². The molecular weight excluding hydrogens is 314 g/mol. The molecule has 24 heavy (non-hydrogen) atoms. The number of fused-ring (bicyclic) bond motifs is 1. The number of hydrogen-bond acceptors (Lipinski definition) is 5. The Balaban J connectivity index is 1.51. The normalized spacial score (nSPS) is 15.5. The smallest absolute Gasteiger partial charge is 0.280 e. The molecule has 1 fully saturated rings. The lowest BCUT2D eigenvalue weighted by atomic mass is 10.2. The van der Waals surface area contributed by atoms with Gasteiger partial charge in [0.1, 0.15) is 23.4 Å². The van der Waals surface area contributed by atoms with Crippen molar-refractivity contribution in [3.05, 3.63) is 42.6 Å². The number of anilines is 2. The highest BCUT2D eigenvalue weighted by atomic mass is 19.3. The Morgan fingerprint density at radius 2 is 1.79 bits per heavy atom. The molecule has 8 heteroatoms. The first kappa shape index (κ1) is 14.8. The minimum Gasteiger partial charge on any atom is -0.366 e. The SMILES string of the molecule is FC(F)c1cc(N2CCN(c3cccc4[nH]cnc34)CC2)ncn1. The zero-order valence-corrected chi connectivity index (χ0v) is 12.9. The van der Waals surface area contributed by atoms with Crippen molar-refractivity contribution in [1.29, 1.82) is 0 Å². The van der Waals surface area contributed by atoms with E-state index in [1.807, 2.05) is 17.0 Å². The van der Waals surface area contributed by atoms with Gasteiger partial charge in [0.2, 0.25) is 0 Å². The largest absolute Gasteiger partial charge is 0.366 e. The Hall–Kier alpha value is -2.77. The zero-order chi connectivity index (χ0) is 16.5. The van der Waals surface area contributed by atoms with E-state index in [1.54, 1.807) is 6.33 Å². The van der Waals surface area contributed by atoms with E-state index in [1.165, 1.54) is 12.4 Å². The fraction of sp³-hybridized carbons (Fsp3) is 0.312. The average Bonchev–Trinajstić information content (AvgIpc) is 3.11. The number of nitrogens with one attached hydrogen (secondary N) is 1. The molecule has 0 radical (unpaired) electrons. The van der Waals surface area contributed by atoms with Crippen molar-refractivity contribution in [2.24, 2.45) is 0 Å². The fourth-order valence-corrected chi connectivity index (χ4v) is 3.04. The summed E-state index contributed by atoms with van der Waals surface area (Å²) in [6.07, 6.45) is 0.315. The number of halogens is 2. The minimum atomic E-state index is -2.58. The molecule has 0 amide bonds. The van der Waals surface area contributed by atoms with Crippen LogP contribution in [-0.2, 0) is 0 Å². The highest BCUT2D eigenvalue weighted by Crippen LogP contribution is 2.26. The molecule has 6 nitrogen and oxygen atoms in total. The van der Waals surface area contributed by atoms with Gasteiger partial charge in [-0.25, -0.2) is 23.7 Å². The van der Waals surface area contributed by atoms with Crippen molar-refractivity contribution in [1.82, 2.24) is 19.9 Å². The lowest BCUT2D eigenvalue weighted by Crippen LogP contribution is -2.47. The molecule has 0 bridgehead atoms. The molecule has 3 heterocycles. The number of aromatic nitrogens is 4. The molecule has 0 unspecified atom stereocenters. The van der Waals surface area contributed by atoms with Gasteiger partial charge in [0.05, 0.1) is 17.5 Å². The molecule has 4 rings (SSSR count). The Bertz CT molecular complexity index is 841. The number of H-pyrrole nitrogens is 1. The van der Waals surface area contributed by atoms with Crippen molar-refractivity contribution in [2.75, 3.05) is 36.0 Å². The number of aromatic amines is 1. The summed E-state index contributed by atoms with van der Waals surface area (Å²) in [5.41, 5.74) is 2.81. The lowest BCUT2D eigenvalue weighted by Gasteiger charge is -2.36. The molecule has 124 valence electrons. The van der Waals surface area contributed by atoms with Crippen LogP contribution in [0.25, 0.3) is 11.0 Å². The third-order valence-electron chi connectivity index (χ3n) is 4.27.